The Labute approximate surface area is 93.9 Å². The highest BCUT2D eigenvalue weighted by molar-refractivity contribution is 7.09. The van der Waals surface area contributed by atoms with Gasteiger partial charge in [0.05, 0.1) is 13.1 Å². The maximum absolute atomic E-state index is 11.2. The Balaban J connectivity index is 2.05. The normalized spacial score (nSPS) is 9.53. The first kappa shape index (κ1) is 11.8. The topological polar surface area (TPSA) is 41.1 Å². The zero-order chi connectivity index (χ0) is 10.9. The SMILES string of the molecule is C#CCNCC(=O)NCCc1cccs1. The lowest BCUT2D eigenvalue weighted by molar-refractivity contribution is -0.120. The Morgan fingerprint density at radius 1 is 1.60 bits per heavy atom. The van der Waals surface area contributed by atoms with Crippen LogP contribution in [0.5, 0.6) is 0 Å². The molecule has 0 aliphatic heterocycles. The first-order valence-electron chi connectivity index (χ1n) is 4.76. The monoisotopic (exact) mass is 222 g/mol. The second-order valence-corrected chi connectivity index (χ2v) is 4.02. The molecule has 2 N–H and O–H groups in total. The summed E-state index contributed by atoms with van der Waals surface area (Å²) in [6, 6.07) is 4.07. The van der Waals surface area contributed by atoms with E-state index in [9.17, 15) is 4.79 Å². The van der Waals surface area contributed by atoms with Crippen molar-refractivity contribution >= 4 is 17.2 Å². The number of hydrogen-bond donors (Lipinski definition) is 2. The van der Waals surface area contributed by atoms with Crippen molar-refractivity contribution in [1.29, 1.82) is 0 Å². The molecule has 4 heteroatoms. The summed E-state index contributed by atoms with van der Waals surface area (Å²) in [7, 11) is 0. The standard InChI is InChI=1S/C11H14N2OS/c1-2-6-12-9-11(14)13-7-5-10-4-3-8-15-10/h1,3-4,8,12H,5-7,9H2,(H,13,14). The van der Waals surface area contributed by atoms with E-state index in [0.717, 1.165) is 6.42 Å². The Kier molecular flexibility index (Phi) is 5.52. The maximum Gasteiger partial charge on any atom is 0.233 e. The minimum Gasteiger partial charge on any atom is -0.355 e. The summed E-state index contributed by atoms with van der Waals surface area (Å²) in [6.45, 7) is 1.39. The lowest BCUT2D eigenvalue weighted by Gasteiger charge is -2.03. The molecular weight excluding hydrogens is 208 g/mol. The predicted octanol–water partition coefficient (Wildman–Crippen LogP) is 0.630. The average molecular weight is 222 g/mol. The third kappa shape index (κ3) is 5.21. The van der Waals surface area contributed by atoms with Gasteiger partial charge in [0, 0.05) is 11.4 Å². The molecule has 0 aliphatic carbocycles. The van der Waals surface area contributed by atoms with Gasteiger partial charge in [-0.15, -0.1) is 17.8 Å². The van der Waals surface area contributed by atoms with Gasteiger partial charge in [0.2, 0.25) is 5.91 Å². The van der Waals surface area contributed by atoms with Gasteiger partial charge >= 0.3 is 0 Å². The van der Waals surface area contributed by atoms with Crippen molar-refractivity contribution < 1.29 is 4.79 Å². The molecule has 15 heavy (non-hydrogen) atoms. The lowest BCUT2D eigenvalue weighted by atomic mass is 10.3. The van der Waals surface area contributed by atoms with E-state index in [1.165, 1.54) is 4.88 Å². The summed E-state index contributed by atoms with van der Waals surface area (Å²) in [4.78, 5) is 12.5. The number of carbonyl (C=O) groups is 1. The molecule has 0 saturated carbocycles. The molecule has 0 saturated heterocycles. The van der Waals surface area contributed by atoms with Crippen LogP contribution >= 0.6 is 11.3 Å². The van der Waals surface area contributed by atoms with Gasteiger partial charge in [-0.1, -0.05) is 12.0 Å². The zero-order valence-corrected chi connectivity index (χ0v) is 9.27. The Morgan fingerprint density at radius 3 is 3.13 bits per heavy atom. The molecule has 0 aromatic carbocycles. The number of amides is 1. The van der Waals surface area contributed by atoms with Gasteiger partial charge in [0.1, 0.15) is 0 Å². The quantitative estimate of drug-likeness (QED) is 0.547. The van der Waals surface area contributed by atoms with E-state index in [0.29, 0.717) is 13.1 Å². The van der Waals surface area contributed by atoms with Gasteiger partial charge in [-0.2, -0.15) is 0 Å². The molecule has 1 aromatic rings. The van der Waals surface area contributed by atoms with E-state index in [1.54, 1.807) is 11.3 Å². The van der Waals surface area contributed by atoms with Crippen LogP contribution in [-0.4, -0.2) is 25.5 Å². The summed E-state index contributed by atoms with van der Waals surface area (Å²) in [5.74, 6) is 2.40. The smallest absolute Gasteiger partial charge is 0.233 e. The van der Waals surface area contributed by atoms with Crippen molar-refractivity contribution in [2.24, 2.45) is 0 Å². The van der Waals surface area contributed by atoms with E-state index in [1.807, 2.05) is 11.4 Å². The van der Waals surface area contributed by atoms with E-state index in [4.69, 9.17) is 6.42 Å². The molecule has 0 radical (unpaired) electrons. The fraction of sp³-hybridized carbons (Fsp3) is 0.364. The lowest BCUT2D eigenvalue weighted by Crippen LogP contribution is -2.35. The summed E-state index contributed by atoms with van der Waals surface area (Å²) < 4.78 is 0. The first-order valence-corrected chi connectivity index (χ1v) is 5.64. The highest BCUT2D eigenvalue weighted by Gasteiger charge is 1.99. The van der Waals surface area contributed by atoms with Gasteiger partial charge in [-0.05, 0) is 17.9 Å². The second kappa shape index (κ2) is 7.04. The van der Waals surface area contributed by atoms with Crippen molar-refractivity contribution in [3.05, 3.63) is 22.4 Å². The van der Waals surface area contributed by atoms with E-state index >= 15 is 0 Å². The number of carbonyl (C=O) groups excluding carboxylic acids is 1. The molecule has 0 unspecified atom stereocenters. The highest BCUT2D eigenvalue weighted by atomic mass is 32.1. The maximum atomic E-state index is 11.2. The molecule has 1 aromatic heterocycles. The third-order valence-corrected chi connectivity index (χ3v) is 2.72. The Bertz CT molecular complexity index is 327. The Hall–Kier alpha value is -1.31. The second-order valence-electron chi connectivity index (χ2n) is 2.99. The molecule has 0 bridgehead atoms. The zero-order valence-electron chi connectivity index (χ0n) is 8.45. The van der Waals surface area contributed by atoms with Crippen LogP contribution in [0.4, 0.5) is 0 Å². The molecule has 0 spiro atoms. The molecule has 1 amide bonds. The van der Waals surface area contributed by atoms with E-state index < -0.39 is 0 Å². The van der Waals surface area contributed by atoms with Crippen molar-refractivity contribution in [3.63, 3.8) is 0 Å². The number of terminal acetylenes is 1. The minimum absolute atomic E-state index is 0.0122. The van der Waals surface area contributed by atoms with Gasteiger partial charge in [0.15, 0.2) is 0 Å². The minimum atomic E-state index is -0.0122. The molecule has 1 rings (SSSR count). The van der Waals surface area contributed by atoms with E-state index in [-0.39, 0.29) is 12.5 Å². The molecular formula is C11H14N2OS. The van der Waals surface area contributed by atoms with Crippen molar-refractivity contribution in [3.8, 4) is 12.3 Å². The number of rotatable bonds is 6. The van der Waals surface area contributed by atoms with E-state index in [2.05, 4.69) is 22.6 Å². The largest absolute Gasteiger partial charge is 0.355 e. The first-order chi connectivity index (χ1) is 7.33. The van der Waals surface area contributed by atoms with Crippen LogP contribution in [0.2, 0.25) is 0 Å². The molecule has 1 heterocycles. The predicted molar refractivity (Wildman–Crippen MR) is 62.7 cm³/mol. The third-order valence-electron chi connectivity index (χ3n) is 1.79. The molecule has 0 fully saturated rings. The summed E-state index contributed by atoms with van der Waals surface area (Å²) >= 11 is 1.70. The van der Waals surface area contributed by atoms with Gasteiger partial charge in [-0.25, -0.2) is 0 Å². The Morgan fingerprint density at radius 2 is 2.47 bits per heavy atom. The highest BCUT2D eigenvalue weighted by Crippen LogP contribution is 2.07. The van der Waals surface area contributed by atoms with Crippen LogP contribution in [0, 0.1) is 12.3 Å². The molecule has 0 aliphatic rings. The van der Waals surface area contributed by atoms with Crippen LogP contribution in [0.3, 0.4) is 0 Å². The van der Waals surface area contributed by atoms with Crippen LogP contribution < -0.4 is 10.6 Å². The number of thiophene rings is 1. The number of hydrogen-bond acceptors (Lipinski definition) is 3. The van der Waals surface area contributed by atoms with Crippen molar-refractivity contribution in [1.82, 2.24) is 10.6 Å². The number of nitrogens with one attached hydrogen (secondary N) is 2. The van der Waals surface area contributed by atoms with Crippen molar-refractivity contribution in [2.75, 3.05) is 19.6 Å². The molecule has 80 valence electrons. The van der Waals surface area contributed by atoms with Gasteiger partial charge in [-0.3, -0.25) is 10.1 Å². The summed E-state index contributed by atoms with van der Waals surface area (Å²) in [5.41, 5.74) is 0. The molecule has 3 nitrogen and oxygen atoms in total. The summed E-state index contributed by atoms with van der Waals surface area (Å²) in [6.07, 6.45) is 5.92. The van der Waals surface area contributed by atoms with Crippen LogP contribution in [0.15, 0.2) is 17.5 Å². The van der Waals surface area contributed by atoms with Crippen LogP contribution in [0.1, 0.15) is 4.88 Å². The summed E-state index contributed by atoms with van der Waals surface area (Å²) in [5, 5.41) is 7.68. The average Bonchev–Trinajstić information content (AvgIpc) is 2.71. The fourth-order valence-electron chi connectivity index (χ4n) is 1.09. The van der Waals surface area contributed by atoms with Gasteiger partial charge < -0.3 is 5.32 Å². The van der Waals surface area contributed by atoms with Crippen LogP contribution in [0.25, 0.3) is 0 Å². The fourth-order valence-corrected chi connectivity index (χ4v) is 1.80. The van der Waals surface area contributed by atoms with Crippen molar-refractivity contribution in [2.45, 2.75) is 6.42 Å². The van der Waals surface area contributed by atoms with Gasteiger partial charge in [0.25, 0.3) is 0 Å². The van der Waals surface area contributed by atoms with Crippen LogP contribution in [-0.2, 0) is 11.2 Å². The molecule has 0 atom stereocenters.